The first-order valence-electron chi connectivity index (χ1n) is 4.81. The zero-order chi connectivity index (χ0) is 10.1. The molecule has 1 fully saturated rings. The van der Waals surface area contributed by atoms with Gasteiger partial charge >= 0.3 is 0 Å². The van der Waals surface area contributed by atoms with Crippen LogP contribution in [0.3, 0.4) is 0 Å². The molecule has 0 unspecified atom stereocenters. The molecule has 76 valence electrons. The van der Waals surface area contributed by atoms with Crippen molar-refractivity contribution in [1.29, 1.82) is 0 Å². The van der Waals surface area contributed by atoms with Crippen LogP contribution >= 0.6 is 0 Å². The quantitative estimate of drug-likeness (QED) is 0.804. The summed E-state index contributed by atoms with van der Waals surface area (Å²) in [4.78, 5) is 0. The average molecular weight is 196 g/mol. The first kappa shape index (κ1) is 9.46. The number of rotatable bonds is 3. The van der Waals surface area contributed by atoms with Gasteiger partial charge in [-0.2, -0.15) is 0 Å². The molecule has 1 aromatic carbocycles. The summed E-state index contributed by atoms with van der Waals surface area (Å²) in [6.07, 6.45) is 1.58. The van der Waals surface area contributed by atoms with Crippen LogP contribution in [0.25, 0.3) is 0 Å². The number of benzene rings is 1. The minimum atomic E-state index is -0.639. The van der Waals surface area contributed by atoms with E-state index in [1.54, 1.807) is 19.1 Å². The van der Waals surface area contributed by atoms with Crippen molar-refractivity contribution in [1.82, 2.24) is 0 Å². The topological polar surface area (TPSA) is 29.5 Å². The summed E-state index contributed by atoms with van der Waals surface area (Å²) in [7, 11) is 0. The van der Waals surface area contributed by atoms with E-state index in [1.165, 1.54) is 6.07 Å². The summed E-state index contributed by atoms with van der Waals surface area (Å²) in [6.45, 7) is 1.61. The first-order valence-corrected chi connectivity index (χ1v) is 4.81. The van der Waals surface area contributed by atoms with E-state index < -0.39 is 11.9 Å². The maximum absolute atomic E-state index is 13.4. The molecule has 14 heavy (non-hydrogen) atoms. The molecule has 0 spiro atoms. The van der Waals surface area contributed by atoms with Gasteiger partial charge in [-0.25, -0.2) is 4.39 Å². The largest absolute Gasteiger partial charge is 0.487 e. The number of aliphatic hydroxyl groups is 1. The van der Waals surface area contributed by atoms with Crippen molar-refractivity contribution in [3.05, 3.63) is 29.6 Å². The van der Waals surface area contributed by atoms with Crippen molar-refractivity contribution < 1.29 is 14.2 Å². The number of aliphatic hydroxyl groups excluding tert-OH is 1. The summed E-state index contributed by atoms with van der Waals surface area (Å²) < 4.78 is 18.7. The molecule has 2 nitrogen and oxygen atoms in total. The van der Waals surface area contributed by atoms with Gasteiger partial charge in [-0.15, -0.1) is 0 Å². The van der Waals surface area contributed by atoms with Crippen LogP contribution in [0.1, 0.15) is 31.4 Å². The van der Waals surface area contributed by atoms with E-state index in [1.807, 2.05) is 0 Å². The van der Waals surface area contributed by atoms with Crippen molar-refractivity contribution in [3.8, 4) is 5.75 Å². The van der Waals surface area contributed by atoms with Gasteiger partial charge in [0.15, 0.2) is 11.6 Å². The SMILES string of the molecule is C[C@@H](O)c1ccc(OC2CC2)c(F)c1. The smallest absolute Gasteiger partial charge is 0.165 e. The Morgan fingerprint density at radius 3 is 2.71 bits per heavy atom. The molecule has 0 bridgehead atoms. The van der Waals surface area contributed by atoms with Crippen LogP contribution in [-0.4, -0.2) is 11.2 Å². The molecular weight excluding hydrogens is 183 g/mol. The molecule has 3 heteroatoms. The molecule has 1 atom stereocenters. The predicted molar refractivity (Wildman–Crippen MR) is 50.7 cm³/mol. The van der Waals surface area contributed by atoms with Crippen molar-refractivity contribution >= 4 is 0 Å². The summed E-state index contributed by atoms with van der Waals surface area (Å²) in [5, 5.41) is 9.23. The molecule has 0 radical (unpaired) electrons. The number of hydrogen-bond donors (Lipinski definition) is 1. The fraction of sp³-hybridized carbons (Fsp3) is 0.455. The maximum Gasteiger partial charge on any atom is 0.165 e. The highest BCUT2D eigenvalue weighted by atomic mass is 19.1. The Morgan fingerprint density at radius 2 is 2.21 bits per heavy atom. The van der Waals surface area contributed by atoms with Crippen LogP contribution in [0.15, 0.2) is 18.2 Å². The maximum atomic E-state index is 13.4. The van der Waals surface area contributed by atoms with Gasteiger partial charge in [0.1, 0.15) is 0 Å². The highest BCUT2D eigenvalue weighted by Gasteiger charge is 2.24. The third-order valence-electron chi connectivity index (χ3n) is 2.26. The molecule has 0 aliphatic heterocycles. The van der Waals surface area contributed by atoms with Crippen LogP contribution in [0.5, 0.6) is 5.75 Å². The molecule has 0 saturated heterocycles. The highest BCUT2D eigenvalue weighted by molar-refractivity contribution is 5.30. The van der Waals surface area contributed by atoms with Crippen LogP contribution in [0.4, 0.5) is 4.39 Å². The molecule has 1 aromatic rings. The van der Waals surface area contributed by atoms with Gasteiger partial charge in [-0.3, -0.25) is 0 Å². The second kappa shape index (κ2) is 3.58. The predicted octanol–water partition coefficient (Wildman–Crippen LogP) is 2.42. The minimum Gasteiger partial charge on any atom is -0.487 e. The molecule has 0 heterocycles. The number of halogens is 1. The molecule has 1 aliphatic rings. The van der Waals surface area contributed by atoms with E-state index in [-0.39, 0.29) is 11.9 Å². The van der Waals surface area contributed by atoms with Crippen LogP contribution in [0.2, 0.25) is 0 Å². The summed E-state index contributed by atoms with van der Waals surface area (Å²) in [5.41, 5.74) is 0.575. The lowest BCUT2D eigenvalue weighted by Crippen LogP contribution is -2.00. The standard InChI is InChI=1S/C11H13FO2/c1-7(13)8-2-5-11(10(12)6-8)14-9-3-4-9/h2,5-7,9,13H,3-4H2,1H3/t7-/m1/s1. The summed E-state index contributed by atoms with van der Waals surface area (Å²) >= 11 is 0. The fourth-order valence-electron chi connectivity index (χ4n) is 1.24. The van der Waals surface area contributed by atoms with Crippen molar-refractivity contribution in [3.63, 3.8) is 0 Å². The summed E-state index contributed by atoms with van der Waals surface area (Å²) in [5.74, 6) is -0.104. The highest BCUT2D eigenvalue weighted by Crippen LogP contribution is 2.29. The van der Waals surface area contributed by atoms with E-state index in [0.29, 0.717) is 5.56 Å². The lowest BCUT2D eigenvalue weighted by atomic mass is 10.1. The Hall–Kier alpha value is -1.09. The van der Waals surface area contributed by atoms with Gasteiger partial charge in [0.05, 0.1) is 12.2 Å². The fourth-order valence-corrected chi connectivity index (χ4v) is 1.24. The van der Waals surface area contributed by atoms with Crippen LogP contribution in [0, 0.1) is 5.82 Å². The van der Waals surface area contributed by atoms with Crippen molar-refractivity contribution in [2.75, 3.05) is 0 Å². The molecule has 1 N–H and O–H groups in total. The zero-order valence-corrected chi connectivity index (χ0v) is 8.03. The molecular formula is C11H13FO2. The van der Waals surface area contributed by atoms with E-state index in [9.17, 15) is 9.50 Å². The summed E-state index contributed by atoms with van der Waals surface area (Å²) in [6, 6.07) is 4.59. The molecule has 0 aromatic heterocycles. The Kier molecular flexibility index (Phi) is 2.42. The number of ether oxygens (including phenoxy) is 1. The monoisotopic (exact) mass is 196 g/mol. The second-order valence-corrected chi connectivity index (χ2v) is 3.68. The Labute approximate surface area is 82.3 Å². The van der Waals surface area contributed by atoms with Gasteiger partial charge in [0, 0.05) is 0 Å². The Balaban J connectivity index is 2.17. The van der Waals surface area contributed by atoms with Crippen LogP contribution in [-0.2, 0) is 0 Å². The van der Waals surface area contributed by atoms with Gasteiger partial charge in [-0.1, -0.05) is 6.07 Å². The second-order valence-electron chi connectivity index (χ2n) is 3.68. The molecule has 2 rings (SSSR count). The third-order valence-corrected chi connectivity index (χ3v) is 2.26. The molecule has 1 aliphatic carbocycles. The first-order chi connectivity index (χ1) is 6.66. The van der Waals surface area contributed by atoms with E-state index in [2.05, 4.69) is 0 Å². The zero-order valence-electron chi connectivity index (χ0n) is 8.03. The van der Waals surface area contributed by atoms with Crippen molar-refractivity contribution in [2.24, 2.45) is 0 Å². The molecule has 0 amide bonds. The third kappa shape index (κ3) is 2.04. The normalized spacial score (nSPS) is 17.9. The molecule has 1 saturated carbocycles. The van der Waals surface area contributed by atoms with Gasteiger partial charge < -0.3 is 9.84 Å². The van der Waals surface area contributed by atoms with Crippen LogP contribution < -0.4 is 4.74 Å². The van der Waals surface area contributed by atoms with Crippen molar-refractivity contribution in [2.45, 2.75) is 32.0 Å². The lowest BCUT2D eigenvalue weighted by molar-refractivity contribution is 0.198. The number of hydrogen-bond acceptors (Lipinski definition) is 2. The van der Waals surface area contributed by atoms with E-state index in [4.69, 9.17) is 4.74 Å². The van der Waals surface area contributed by atoms with E-state index in [0.717, 1.165) is 12.8 Å². The van der Waals surface area contributed by atoms with E-state index >= 15 is 0 Å². The minimum absolute atomic E-state index is 0.196. The average Bonchev–Trinajstić information content (AvgIpc) is 2.92. The van der Waals surface area contributed by atoms with Gasteiger partial charge in [-0.05, 0) is 37.5 Å². The Morgan fingerprint density at radius 1 is 1.50 bits per heavy atom. The van der Waals surface area contributed by atoms with Gasteiger partial charge in [0.2, 0.25) is 0 Å². The van der Waals surface area contributed by atoms with Gasteiger partial charge in [0.25, 0.3) is 0 Å². The Bertz CT molecular complexity index is 332. The lowest BCUT2D eigenvalue weighted by Gasteiger charge is -2.08.